The molecule has 0 aromatic heterocycles. The molecule has 0 spiro atoms. The zero-order chi connectivity index (χ0) is 49.5. The van der Waals surface area contributed by atoms with Gasteiger partial charge in [-0.15, -0.1) is 0 Å². The molecule has 0 unspecified atom stereocenters. The predicted octanol–water partition coefficient (Wildman–Crippen LogP) is 18.6. The molecule has 10 rings (SSSR count). The van der Waals surface area contributed by atoms with Crippen LogP contribution < -0.4 is 0 Å². The lowest BCUT2D eigenvalue weighted by molar-refractivity contribution is 0.0873. The molecule has 2 aliphatic carbocycles. The van der Waals surface area contributed by atoms with E-state index < -0.39 is 0 Å². The Balaban J connectivity index is 1.78. The Labute approximate surface area is 403 Å². The maximum absolute atomic E-state index is 14.8. The summed E-state index contributed by atoms with van der Waals surface area (Å²) in [4.78, 5) is 58.4. The van der Waals surface area contributed by atoms with Gasteiger partial charge in [0, 0.05) is 33.0 Å². The molecule has 4 heteroatoms. The fraction of sp³-hybridized carbons (Fsp3) is 0.469. The number of carbonyl (C=O) groups is 4. The first-order chi connectivity index (χ1) is 31.9. The Morgan fingerprint density at radius 2 is 0.544 bits per heavy atom. The Kier molecular flexibility index (Phi) is 10.5. The quantitative estimate of drug-likeness (QED) is 0.0822. The molecule has 0 fully saturated rings. The third kappa shape index (κ3) is 5.73. The summed E-state index contributed by atoms with van der Waals surface area (Å²) in [5, 5.41) is 16.4. The molecule has 0 aliphatic heterocycles. The maximum Gasteiger partial charge on any atom is 0.171 e. The number of hydrogen-bond donors (Lipinski definition) is 0. The Bertz CT molecular complexity index is 3610. The standard InChI is InChI=1S/C64H72O4/c1-24(2)34-20-36-38(65)22-40(67)54-42(26(5)6)33(19)49-56-45(29(11)12)46(30(13)14)58-51-35(25(3)4)21-37-39(66)23-41(68)55-43(27(7)8)44(28(9)10)59(62(51)53(37)55)60-48(32(17)18)47(31(15)16)57(63(56)64(58)60)50(34)61(49)52(36)54/h20-21,24-32H,22-23H2,1-19H3. The van der Waals surface area contributed by atoms with Crippen molar-refractivity contribution >= 4 is 98.5 Å². The van der Waals surface area contributed by atoms with Crippen molar-refractivity contribution in [2.45, 2.75) is 198 Å². The zero-order valence-electron chi connectivity index (χ0n) is 44.4. The van der Waals surface area contributed by atoms with Crippen LogP contribution in [-0.4, -0.2) is 23.1 Å². The summed E-state index contributed by atoms with van der Waals surface area (Å²) in [6.45, 7) is 43.7. The van der Waals surface area contributed by atoms with Crippen molar-refractivity contribution in [1.29, 1.82) is 0 Å². The highest BCUT2D eigenvalue weighted by molar-refractivity contribution is 6.49. The largest absolute Gasteiger partial charge is 0.294 e. The van der Waals surface area contributed by atoms with E-state index in [1.54, 1.807) is 0 Å². The second-order valence-corrected chi connectivity index (χ2v) is 24.0. The van der Waals surface area contributed by atoms with Crippen LogP contribution in [0.2, 0.25) is 0 Å². The Morgan fingerprint density at radius 1 is 0.279 bits per heavy atom. The van der Waals surface area contributed by atoms with Crippen molar-refractivity contribution in [1.82, 2.24) is 0 Å². The van der Waals surface area contributed by atoms with E-state index in [1.807, 2.05) is 0 Å². The van der Waals surface area contributed by atoms with Crippen LogP contribution in [0, 0.1) is 6.92 Å². The minimum Gasteiger partial charge on any atom is -0.294 e. The summed E-state index contributed by atoms with van der Waals surface area (Å²) < 4.78 is 0. The fourth-order valence-electron chi connectivity index (χ4n) is 14.5. The minimum atomic E-state index is -0.0978. The number of Topliss-reactive ketones (excluding diaryl/α,β-unsaturated/α-hetero) is 4. The predicted molar refractivity (Wildman–Crippen MR) is 289 cm³/mol. The van der Waals surface area contributed by atoms with E-state index in [-0.39, 0.29) is 89.2 Å². The summed E-state index contributed by atoms with van der Waals surface area (Å²) in [5.74, 6) is 0.451. The van der Waals surface area contributed by atoms with E-state index >= 15 is 0 Å². The topological polar surface area (TPSA) is 68.3 Å². The molecule has 352 valence electrons. The van der Waals surface area contributed by atoms with Gasteiger partial charge in [0.2, 0.25) is 0 Å². The van der Waals surface area contributed by atoms with E-state index in [4.69, 9.17) is 0 Å². The van der Waals surface area contributed by atoms with Crippen LogP contribution in [0.25, 0.3) is 75.4 Å². The summed E-state index contributed by atoms with van der Waals surface area (Å²) in [6, 6.07) is 4.40. The highest BCUT2D eigenvalue weighted by Gasteiger charge is 2.41. The van der Waals surface area contributed by atoms with Crippen LogP contribution in [-0.2, 0) is 0 Å². The van der Waals surface area contributed by atoms with Gasteiger partial charge in [-0.1, -0.05) is 125 Å². The first-order valence-electron chi connectivity index (χ1n) is 26.1. The van der Waals surface area contributed by atoms with Crippen LogP contribution in [0.15, 0.2) is 12.1 Å². The van der Waals surface area contributed by atoms with Gasteiger partial charge in [-0.3, -0.25) is 19.2 Å². The third-order valence-electron chi connectivity index (χ3n) is 16.6. The van der Waals surface area contributed by atoms with Gasteiger partial charge in [0.05, 0.1) is 12.8 Å². The van der Waals surface area contributed by atoms with Gasteiger partial charge in [-0.05, 0) is 193 Å². The van der Waals surface area contributed by atoms with Crippen molar-refractivity contribution < 1.29 is 19.2 Å². The molecule has 2 aliphatic rings. The number of ketones is 4. The first kappa shape index (κ1) is 46.5. The zero-order valence-corrected chi connectivity index (χ0v) is 44.4. The maximum atomic E-state index is 14.8. The van der Waals surface area contributed by atoms with Gasteiger partial charge in [-0.2, -0.15) is 0 Å². The number of fused-ring (bicyclic) bond motifs is 4. The van der Waals surface area contributed by atoms with E-state index in [2.05, 4.69) is 144 Å². The van der Waals surface area contributed by atoms with Gasteiger partial charge in [0.15, 0.2) is 23.1 Å². The van der Waals surface area contributed by atoms with E-state index in [1.165, 1.54) is 87.2 Å². The monoisotopic (exact) mass is 905 g/mol. The SMILES string of the molecule is Cc1c(C(C)C)c2c3c(cc(C(C)C)c4c5c(C(C)C)c(C(C)C)c6c7c(C(C)C)c(C(C)C)c8c9c(cc(C(C)C)c(c%10c(C(C)C)c(C(C)C)c(c1c34)c5c%106)c97)C(=O)CC8=O)C(=O)CC2=O. The molecule has 0 radical (unpaired) electrons. The molecule has 0 saturated heterocycles. The van der Waals surface area contributed by atoms with Gasteiger partial charge in [-0.25, -0.2) is 0 Å². The smallest absolute Gasteiger partial charge is 0.171 e. The average molecular weight is 905 g/mol. The Morgan fingerprint density at radius 3 is 0.868 bits per heavy atom. The van der Waals surface area contributed by atoms with Crippen molar-refractivity contribution in [2.75, 3.05) is 0 Å². The van der Waals surface area contributed by atoms with Gasteiger partial charge >= 0.3 is 0 Å². The summed E-state index contributed by atoms with van der Waals surface area (Å²) in [7, 11) is 0. The van der Waals surface area contributed by atoms with Gasteiger partial charge in [0.1, 0.15) is 0 Å². The molecule has 0 bridgehead atoms. The lowest BCUT2D eigenvalue weighted by Gasteiger charge is -2.36. The highest BCUT2D eigenvalue weighted by Crippen LogP contribution is 2.61. The van der Waals surface area contributed by atoms with Crippen LogP contribution >= 0.6 is 0 Å². The Hall–Kier alpha value is -5.22. The molecule has 4 nitrogen and oxygen atoms in total. The van der Waals surface area contributed by atoms with Crippen molar-refractivity contribution in [3.05, 3.63) is 90.0 Å². The molecule has 0 atom stereocenters. The third-order valence-corrected chi connectivity index (χ3v) is 16.6. The molecular weight excluding hydrogens is 833 g/mol. The van der Waals surface area contributed by atoms with E-state index in [0.717, 1.165) is 54.9 Å². The van der Waals surface area contributed by atoms with Gasteiger partial charge in [0.25, 0.3) is 0 Å². The second-order valence-electron chi connectivity index (χ2n) is 24.0. The van der Waals surface area contributed by atoms with E-state index in [0.29, 0.717) is 11.1 Å². The fourth-order valence-corrected chi connectivity index (χ4v) is 14.5. The van der Waals surface area contributed by atoms with Gasteiger partial charge < -0.3 is 0 Å². The number of benzene rings is 8. The molecule has 0 amide bonds. The molecule has 0 N–H and O–H groups in total. The number of carbonyl (C=O) groups excluding carboxylic acids is 4. The lowest BCUT2D eigenvalue weighted by Crippen LogP contribution is -2.22. The number of rotatable bonds is 9. The van der Waals surface area contributed by atoms with Crippen molar-refractivity contribution in [2.24, 2.45) is 0 Å². The molecule has 8 aromatic carbocycles. The number of hydrogen-bond acceptors (Lipinski definition) is 4. The molecule has 8 aromatic rings. The number of aryl methyl sites for hydroxylation is 1. The first-order valence-corrected chi connectivity index (χ1v) is 26.1. The van der Waals surface area contributed by atoms with Crippen LogP contribution in [0.1, 0.15) is 288 Å². The van der Waals surface area contributed by atoms with Crippen LogP contribution in [0.5, 0.6) is 0 Å². The molecule has 0 heterocycles. The summed E-state index contributed by atoms with van der Waals surface area (Å²) in [5.41, 5.74) is 15.1. The lowest BCUT2D eigenvalue weighted by atomic mass is 9.66. The second kappa shape index (κ2) is 15.4. The van der Waals surface area contributed by atoms with Crippen LogP contribution in [0.4, 0.5) is 0 Å². The highest BCUT2D eigenvalue weighted by atomic mass is 16.2. The summed E-state index contributed by atoms with van der Waals surface area (Å²) >= 11 is 0. The average Bonchev–Trinajstić information content (AvgIpc) is 3.23. The molecular formula is C64H72O4. The normalized spacial score (nSPS) is 15.0. The summed E-state index contributed by atoms with van der Waals surface area (Å²) in [6.07, 6.45) is -0.195. The molecule has 0 saturated carbocycles. The molecule has 68 heavy (non-hydrogen) atoms. The van der Waals surface area contributed by atoms with Crippen LogP contribution in [0.3, 0.4) is 0 Å². The van der Waals surface area contributed by atoms with Crippen molar-refractivity contribution in [3.63, 3.8) is 0 Å². The van der Waals surface area contributed by atoms with E-state index in [9.17, 15) is 19.2 Å². The van der Waals surface area contributed by atoms with Crippen molar-refractivity contribution in [3.8, 4) is 0 Å². The minimum absolute atomic E-state index is 0.0380.